The molecule has 7 heteroatoms. The molecule has 2 amide bonds. The highest BCUT2D eigenvalue weighted by Crippen LogP contribution is 2.15. The molecule has 0 saturated carbocycles. The van der Waals surface area contributed by atoms with E-state index in [0.29, 0.717) is 6.42 Å². The number of nitrogens with one attached hydrogen (secondary N) is 2. The fraction of sp³-hybridized carbons (Fsp3) is 0.450. The molecule has 0 unspecified atom stereocenters. The Hall–Kier alpha value is -2.83. The van der Waals surface area contributed by atoms with Gasteiger partial charge in [0.15, 0.2) is 0 Å². The average molecular weight is 374 g/mol. The van der Waals surface area contributed by atoms with Crippen LogP contribution in [-0.4, -0.2) is 37.2 Å². The third-order valence-electron chi connectivity index (χ3n) is 4.29. The second-order valence-electron chi connectivity index (χ2n) is 6.26. The highest BCUT2D eigenvalue weighted by Gasteiger charge is 2.30. The summed E-state index contributed by atoms with van der Waals surface area (Å²) >= 11 is 0. The lowest BCUT2D eigenvalue weighted by molar-refractivity contribution is -0.143. The van der Waals surface area contributed by atoms with Crippen molar-refractivity contribution in [1.29, 1.82) is 0 Å². The van der Waals surface area contributed by atoms with Crippen LogP contribution in [0, 0.1) is 0 Å². The van der Waals surface area contributed by atoms with Gasteiger partial charge in [-0.05, 0) is 37.8 Å². The Kier molecular flexibility index (Phi) is 7.40. The van der Waals surface area contributed by atoms with Gasteiger partial charge in [-0.15, -0.1) is 0 Å². The topological polar surface area (TPSA) is 93.7 Å². The molecule has 2 rings (SSSR count). The number of esters is 2. The molecule has 1 atom stereocenters. The van der Waals surface area contributed by atoms with Crippen molar-refractivity contribution in [1.82, 2.24) is 10.6 Å². The summed E-state index contributed by atoms with van der Waals surface area (Å²) in [6.07, 6.45) is 1.76. The van der Waals surface area contributed by atoms with E-state index in [4.69, 9.17) is 9.47 Å². The van der Waals surface area contributed by atoms with E-state index >= 15 is 0 Å². The Morgan fingerprint density at radius 2 is 1.74 bits per heavy atom. The van der Waals surface area contributed by atoms with Crippen molar-refractivity contribution < 1.29 is 23.9 Å². The third-order valence-corrected chi connectivity index (χ3v) is 4.29. The van der Waals surface area contributed by atoms with E-state index in [1.807, 2.05) is 24.3 Å². The molecule has 1 aromatic carbocycles. The number of urea groups is 1. The molecule has 1 aliphatic heterocycles. The lowest BCUT2D eigenvalue weighted by Gasteiger charge is -2.26. The molecule has 0 radical (unpaired) electrons. The average Bonchev–Trinajstić information content (AvgIpc) is 2.64. The summed E-state index contributed by atoms with van der Waals surface area (Å²) in [6.45, 7) is 5.50. The largest absolute Gasteiger partial charge is 0.463 e. The molecule has 1 aromatic rings. The van der Waals surface area contributed by atoms with Crippen LogP contribution in [0.15, 0.2) is 35.5 Å². The van der Waals surface area contributed by atoms with Gasteiger partial charge in [-0.25, -0.2) is 9.59 Å². The number of hydrogen-bond acceptors (Lipinski definition) is 5. The highest BCUT2D eigenvalue weighted by molar-refractivity contribution is 5.94. The zero-order valence-corrected chi connectivity index (χ0v) is 16.0. The number of amides is 2. The van der Waals surface area contributed by atoms with Crippen molar-refractivity contribution in [3.05, 3.63) is 46.7 Å². The van der Waals surface area contributed by atoms with Crippen LogP contribution in [0.5, 0.6) is 0 Å². The standard InChI is InChI=1S/C20H26N2O5/c1-4-14-6-8-15(9-7-14)10-11-17(23)27-12-16-18(19(24)26-5-2)13(3)21-20(25)22-16/h6-9,13H,4-5,10-12H2,1-3H3,(H2,21,22,25)/t13-/m1/s1. The number of rotatable bonds is 8. The third kappa shape index (κ3) is 5.84. The molecular weight excluding hydrogens is 348 g/mol. The first-order valence-corrected chi connectivity index (χ1v) is 9.15. The van der Waals surface area contributed by atoms with Crippen molar-refractivity contribution >= 4 is 18.0 Å². The molecule has 0 aromatic heterocycles. The molecule has 146 valence electrons. The van der Waals surface area contributed by atoms with Crippen LogP contribution in [0.3, 0.4) is 0 Å². The summed E-state index contributed by atoms with van der Waals surface area (Å²) in [4.78, 5) is 35.8. The van der Waals surface area contributed by atoms with Crippen molar-refractivity contribution in [2.75, 3.05) is 13.2 Å². The minimum Gasteiger partial charge on any atom is -0.463 e. The molecule has 1 heterocycles. The Morgan fingerprint density at radius 1 is 1.07 bits per heavy atom. The maximum Gasteiger partial charge on any atom is 0.338 e. The number of carbonyl (C=O) groups excluding carboxylic acids is 3. The van der Waals surface area contributed by atoms with Gasteiger partial charge in [0.1, 0.15) is 6.61 Å². The Balaban J connectivity index is 1.94. The zero-order valence-electron chi connectivity index (χ0n) is 16.0. The van der Waals surface area contributed by atoms with Crippen molar-refractivity contribution in [2.45, 2.75) is 46.1 Å². The summed E-state index contributed by atoms with van der Waals surface area (Å²) in [7, 11) is 0. The summed E-state index contributed by atoms with van der Waals surface area (Å²) < 4.78 is 10.3. The first-order valence-electron chi connectivity index (χ1n) is 9.15. The smallest absolute Gasteiger partial charge is 0.338 e. The van der Waals surface area contributed by atoms with E-state index in [-0.39, 0.29) is 30.9 Å². The normalized spacial score (nSPS) is 16.4. The van der Waals surface area contributed by atoms with Crippen molar-refractivity contribution in [3.8, 4) is 0 Å². The minimum absolute atomic E-state index is 0.181. The van der Waals surface area contributed by atoms with E-state index in [2.05, 4.69) is 17.6 Å². The van der Waals surface area contributed by atoms with Crippen LogP contribution in [-0.2, 0) is 31.9 Å². The molecule has 2 N–H and O–H groups in total. The van der Waals surface area contributed by atoms with Gasteiger partial charge in [-0.2, -0.15) is 0 Å². The fourth-order valence-electron chi connectivity index (χ4n) is 2.81. The van der Waals surface area contributed by atoms with Gasteiger partial charge >= 0.3 is 18.0 Å². The van der Waals surface area contributed by atoms with Crippen molar-refractivity contribution in [2.24, 2.45) is 0 Å². The molecular formula is C20H26N2O5. The minimum atomic E-state index is -0.542. The predicted octanol–water partition coefficient (Wildman–Crippen LogP) is 2.24. The van der Waals surface area contributed by atoms with E-state index in [0.717, 1.165) is 12.0 Å². The highest BCUT2D eigenvalue weighted by atomic mass is 16.5. The van der Waals surface area contributed by atoms with Crippen LogP contribution in [0.4, 0.5) is 4.79 Å². The number of aryl methyl sites for hydroxylation is 2. The van der Waals surface area contributed by atoms with Crippen LogP contribution in [0.2, 0.25) is 0 Å². The molecule has 0 spiro atoms. The number of ether oxygens (including phenoxy) is 2. The van der Waals surface area contributed by atoms with Crippen LogP contribution < -0.4 is 10.6 Å². The fourth-order valence-corrected chi connectivity index (χ4v) is 2.81. The maximum absolute atomic E-state index is 12.1. The van der Waals surface area contributed by atoms with Gasteiger partial charge in [0.25, 0.3) is 0 Å². The summed E-state index contributed by atoms with van der Waals surface area (Å²) in [5.74, 6) is -0.940. The first kappa shape index (κ1) is 20.5. The molecule has 0 saturated heterocycles. The maximum atomic E-state index is 12.1. The first-order chi connectivity index (χ1) is 12.9. The van der Waals surface area contributed by atoms with Gasteiger partial charge in [0.2, 0.25) is 0 Å². The quantitative estimate of drug-likeness (QED) is 0.681. The van der Waals surface area contributed by atoms with Gasteiger partial charge in [-0.1, -0.05) is 31.2 Å². The van der Waals surface area contributed by atoms with Gasteiger partial charge in [0, 0.05) is 6.42 Å². The molecule has 27 heavy (non-hydrogen) atoms. The van der Waals surface area contributed by atoms with Gasteiger partial charge < -0.3 is 20.1 Å². The van der Waals surface area contributed by atoms with E-state index in [9.17, 15) is 14.4 Å². The molecule has 0 bridgehead atoms. The molecule has 1 aliphatic rings. The molecule has 0 fully saturated rings. The zero-order chi connectivity index (χ0) is 19.8. The summed E-state index contributed by atoms with van der Waals surface area (Å²) in [5.41, 5.74) is 2.82. The van der Waals surface area contributed by atoms with Crippen LogP contribution in [0.1, 0.15) is 38.3 Å². The molecule has 0 aliphatic carbocycles. The Morgan fingerprint density at radius 3 is 2.37 bits per heavy atom. The lowest BCUT2D eigenvalue weighted by Crippen LogP contribution is -2.50. The summed E-state index contributed by atoms with van der Waals surface area (Å²) in [6, 6.07) is 7.12. The van der Waals surface area contributed by atoms with Crippen molar-refractivity contribution in [3.63, 3.8) is 0 Å². The van der Waals surface area contributed by atoms with Gasteiger partial charge in [-0.3, -0.25) is 4.79 Å². The number of hydrogen-bond donors (Lipinski definition) is 2. The number of carbonyl (C=O) groups is 3. The molecule has 7 nitrogen and oxygen atoms in total. The lowest BCUT2D eigenvalue weighted by atomic mass is 10.0. The predicted molar refractivity (Wildman–Crippen MR) is 99.9 cm³/mol. The second-order valence-corrected chi connectivity index (χ2v) is 6.26. The Bertz CT molecular complexity index is 724. The number of benzene rings is 1. The van der Waals surface area contributed by atoms with Gasteiger partial charge in [0.05, 0.1) is 23.9 Å². The van der Waals surface area contributed by atoms with E-state index < -0.39 is 24.0 Å². The monoisotopic (exact) mass is 374 g/mol. The summed E-state index contributed by atoms with van der Waals surface area (Å²) in [5, 5.41) is 5.12. The van der Waals surface area contributed by atoms with E-state index in [1.54, 1.807) is 13.8 Å². The SMILES string of the molecule is CCOC(=O)C1=C(COC(=O)CCc2ccc(CC)cc2)NC(=O)N[C@@H]1C. The van der Waals surface area contributed by atoms with E-state index in [1.165, 1.54) is 5.56 Å². The second kappa shape index (κ2) is 9.75. The Labute approximate surface area is 159 Å². The van der Waals surface area contributed by atoms with Crippen LogP contribution in [0.25, 0.3) is 0 Å². The van der Waals surface area contributed by atoms with Crippen LogP contribution >= 0.6 is 0 Å².